The second-order valence-corrected chi connectivity index (χ2v) is 6.14. The molecule has 0 amide bonds. The molecule has 0 radical (unpaired) electrons. The van der Waals surface area contributed by atoms with E-state index in [-0.39, 0.29) is 12.6 Å². The van der Waals surface area contributed by atoms with E-state index in [4.69, 9.17) is 5.73 Å². The number of ether oxygens (including phenoxy) is 1. The summed E-state index contributed by atoms with van der Waals surface area (Å²) >= 11 is 0. The Morgan fingerprint density at radius 2 is 2.00 bits per heavy atom. The molecule has 5 heteroatoms. The van der Waals surface area contributed by atoms with Crippen molar-refractivity contribution in [1.29, 1.82) is 0 Å². The molecule has 1 aliphatic carbocycles. The third kappa shape index (κ3) is 6.05. The molecule has 1 fully saturated rings. The van der Waals surface area contributed by atoms with E-state index in [9.17, 15) is 13.2 Å². The SMILES string of the molecule is CC1(C)CCC(N)C(CCCOCC(F)(F)F)C1. The summed E-state index contributed by atoms with van der Waals surface area (Å²) in [6, 6.07) is 0.195. The molecule has 2 unspecified atom stereocenters. The smallest absolute Gasteiger partial charge is 0.372 e. The van der Waals surface area contributed by atoms with Crippen molar-refractivity contribution in [3.8, 4) is 0 Å². The Balaban J connectivity index is 2.18. The molecule has 18 heavy (non-hydrogen) atoms. The molecule has 0 bridgehead atoms. The zero-order valence-electron chi connectivity index (χ0n) is 11.2. The van der Waals surface area contributed by atoms with Crippen LogP contribution < -0.4 is 5.73 Å². The summed E-state index contributed by atoms with van der Waals surface area (Å²) in [5, 5.41) is 0. The minimum Gasteiger partial charge on any atom is -0.372 e. The van der Waals surface area contributed by atoms with Crippen LogP contribution in [0.1, 0.15) is 46.0 Å². The van der Waals surface area contributed by atoms with Gasteiger partial charge in [0.05, 0.1) is 0 Å². The summed E-state index contributed by atoms with van der Waals surface area (Å²) < 4.78 is 40.2. The molecule has 2 nitrogen and oxygen atoms in total. The molecule has 0 aliphatic heterocycles. The Labute approximate surface area is 107 Å². The van der Waals surface area contributed by atoms with Crippen molar-refractivity contribution in [3.05, 3.63) is 0 Å². The number of halogens is 3. The molecule has 2 atom stereocenters. The van der Waals surface area contributed by atoms with Crippen LogP contribution in [0, 0.1) is 11.3 Å². The van der Waals surface area contributed by atoms with E-state index >= 15 is 0 Å². The zero-order valence-corrected chi connectivity index (χ0v) is 11.2. The number of alkyl halides is 3. The van der Waals surface area contributed by atoms with Crippen LogP contribution in [0.3, 0.4) is 0 Å². The summed E-state index contributed by atoms with van der Waals surface area (Å²) in [6.07, 6.45) is 0.514. The Kier molecular flexibility index (Phi) is 5.46. The van der Waals surface area contributed by atoms with Crippen LogP contribution in [0.4, 0.5) is 13.2 Å². The van der Waals surface area contributed by atoms with Gasteiger partial charge in [0.2, 0.25) is 0 Å². The molecule has 2 N–H and O–H groups in total. The third-order valence-corrected chi connectivity index (χ3v) is 3.70. The fraction of sp³-hybridized carbons (Fsp3) is 1.00. The van der Waals surface area contributed by atoms with Crippen molar-refractivity contribution < 1.29 is 17.9 Å². The van der Waals surface area contributed by atoms with Crippen LogP contribution >= 0.6 is 0 Å². The van der Waals surface area contributed by atoms with Gasteiger partial charge in [0.1, 0.15) is 6.61 Å². The van der Waals surface area contributed by atoms with Gasteiger partial charge in [0.15, 0.2) is 0 Å². The second kappa shape index (κ2) is 6.24. The maximum absolute atomic E-state index is 11.9. The van der Waals surface area contributed by atoms with Crippen molar-refractivity contribution in [2.45, 2.75) is 58.2 Å². The van der Waals surface area contributed by atoms with E-state index in [2.05, 4.69) is 18.6 Å². The van der Waals surface area contributed by atoms with E-state index < -0.39 is 12.8 Å². The first-order valence-electron chi connectivity index (χ1n) is 6.60. The van der Waals surface area contributed by atoms with Crippen LogP contribution in [0.25, 0.3) is 0 Å². The molecule has 1 rings (SSSR count). The predicted molar refractivity (Wildman–Crippen MR) is 65.2 cm³/mol. The van der Waals surface area contributed by atoms with Crippen molar-refractivity contribution in [2.75, 3.05) is 13.2 Å². The fourth-order valence-electron chi connectivity index (χ4n) is 2.71. The molecule has 0 spiro atoms. The van der Waals surface area contributed by atoms with Gasteiger partial charge >= 0.3 is 6.18 Å². The minimum atomic E-state index is -4.22. The summed E-state index contributed by atoms with van der Waals surface area (Å²) in [4.78, 5) is 0. The monoisotopic (exact) mass is 267 g/mol. The summed E-state index contributed by atoms with van der Waals surface area (Å²) in [7, 11) is 0. The second-order valence-electron chi connectivity index (χ2n) is 6.14. The molecule has 0 heterocycles. The lowest BCUT2D eigenvalue weighted by atomic mass is 9.69. The van der Waals surface area contributed by atoms with Crippen LogP contribution in [-0.4, -0.2) is 25.4 Å². The topological polar surface area (TPSA) is 35.2 Å². The van der Waals surface area contributed by atoms with Gasteiger partial charge in [-0.15, -0.1) is 0 Å². The number of hydrogen-bond acceptors (Lipinski definition) is 2. The molecular weight excluding hydrogens is 243 g/mol. The van der Waals surface area contributed by atoms with Gasteiger partial charge in [0.25, 0.3) is 0 Å². The molecule has 0 saturated heterocycles. The Hall–Kier alpha value is -0.290. The van der Waals surface area contributed by atoms with Gasteiger partial charge in [-0.2, -0.15) is 13.2 Å². The summed E-state index contributed by atoms with van der Waals surface area (Å²) in [6.45, 7) is 3.48. The molecule has 0 aromatic heterocycles. The average Bonchev–Trinajstić information content (AvgIpc) is 2.21. The van der Waals surface area contributed by atoms with Gasteiger partial charge in [-0.3, -0.25) is 0 Å². The molecule has 1 saturated carbocycles. The maximum atomic E-state index is 11.9. The van der Waals surface area contributed by atoms with Crippen LogP contribution in [0.5, 0.6) is 0 Å². The van der Waals surface area contributed by atoms with Crippen molar-refractivity contribution in [1.82, 2.24) is 0 Å². The zero-order chi connectivity index (χ0) is 13.8. The lowest BCUT2D eigenvalue weighted by Gasteiger charge is -2.39. The standard InChI is InChI=1S/C13H24F3NO/c1-12(2)6-5-11(17)10(8-12)4-3-7-18-9-13(14,15)16/h10-11H,3-9,17H2,1-2H3. The number of nitrogens with two attached hydrogens (primary N) is 1. The molecule has 1 aliphatic rings. The third-order valence-electron chi connectivity index (χ3n) is 3.70. The normalized spacial score (nSPS) is 28.3. The minimum absolute atomic E-state index is 0.170. The summed E-state index contributed by atoms with van der Waals surface area (Å²) in [5.41, 5.74) is 6.38. The van der Waals surface area contributed by atoms with Gasteiger partial charge in [-0.25, -0.2) is 0 Å². The van der Waals surface area contributed by atoms with Crippen LogP contribution in [-0.2, 0) is 4.74 Å². The van der Waals surface area contributed by atoms with E-state index in [1.165, 1.54) is 0 Å². The van der Waals surface area contributed by atoms with E-state index in [0.29, 0.717) is 17.8 Å². The van der Waals surface area contributed by atoms with Crippen LogP contribution in [0.15, 0.2) is 0 Å². The first kappa shape index (κ1) is 15.8. The Morgan fingerprint density at radius 1 is 1.33 bits per heavy atom. The molecular formula is C13H24F3NO. The van der Waals surface area contributed by atoms with Gasteiger partial charge in [-0.1, -0.05) is 13.8 Å². The van der Waals surface area contributed by atoms with E-state index in [1.807, 2.05) is 0 Å². The van der Waals surface area contributed by atoms with Gasteiger partial charge < -0.3 is 10.5 Å². The highest BCUT2D eigenvalue weighted by molar-refractivity contribution is 4.86. The Bertz CT molecular complexity index is 253. The van der Waals surface area contributed by atoms with Crippen molar-refractivity contribution in [3.63, 3.8) is 0 Å². The lowest BCUT2D eigenvalue weighted by molar-refractivity contribution is -0.174. The van der Waals surface area contributed by atoms with Crippen LogP contribution in [0.2, 0.25) is 0 Å². The number of rotatable bonds is 5. The number of hydrogen-bond donors (Lipinski definition) is 1. The van der Waals surface area contributed by atoms with Crippen molar-refractivity contribution >= 4 is 0 Å². The molecule has 108 valence electrons. The largest absolute Gasteiger partial charge is 0.411 e. The fourth-order valence-corrected chi connectivity index (χ4v) is 2.71. The predicted octanol–water partition coefficient (Wildman–Crippen LogP) is 3.50. The first-order valence-corrected chi connectivity index (χ1v) is 6.60. The highest BCUT2D eigenvalue weighted by Crippen LogP contribution is 2.39. The van der Waals surface area contributed by atoms with Crippen molar-refractivity contribution in [2.24, 2.45) is 17.1 Å². The molecule has 0 aromatic rings. The van der Waals surface area contributed by atoms with E-state index in [1.54, 1.807) is 0 Å². The Morgan fingerprint density at radius 3 is 2.61 bits per heavy atom. The van der Waals surface area contributed by atoms with Gasteiger partial charge in [-0.05, 0) is 43.4 Å². The van der Waals surface area contributed by atoms with Gasteiger partial charge in [0, 0.05) is 12.6 Å². The molecule has 0 aromatic carbocycles. The lowest BCUT2D eigenvalue weighted by Crippen LogP contribution is -2.39. The highest BCUT2D eigenvalue weighted by atomic mass is 19.4. The first-order chi connectivity index (χ1) is 8.20. The summed E-state index contributed by atoms with van der Waals surface area (Å²) in [5.74, 6) is 0.420. The average molecular weight is 267 g/mol. The quantitative estimate of drug-likeness (QED) is 0.774. The van der Waals surface area contributed by atoms with E-state index in [0.717, 1.165) is 25.7 Å². The maximum Gasteiger partial charge on any atom is 0.411 e. The highest BCUT2D eigenvalue weighted by Gasteiger charge is 2.32.